The third kappa shape index (κ3) is 6.35. The quantitative estimate of drug-likeness (QED) is 0.740. The highest BCUT2D eigenvalue weighted by Gasteiger charge is 2.20. The highest BCUT2D eigenvalue weighted by atomic mass is 32.2. The maximum absolute atomic E-state index is 11.6. The second-order valence-corrected chi connectivity index (χ2v) is 7.23. The monoisotopic (exact) mass is 277 g/mol. The minimum atomic E-state index is -3.31. The van der Waals surface area contributed by atoms with E-state index in [0.717, 1.165) is 12.8 Å². The molecule has 2 N–H and O–H groups in total. The van der Waals surface area contributed by atoms with Crippen molar-refractivity contribution in [2.45, 2.75) is 45.4 Å². The third-order valence-corrected chi connectivity index (χ3v) is 4.87. The molecular weight excluding hydrogens is 254 g/mol. The number of sulfonamides is 1. The smallest absolute Gasteiger partial charge is 0.303 e. The van der Waals surface area contributed by atoms with E-state index in [9.17, 15) is 13.2 Å². The van der Waals surface area contributed by atoms with E-state index in [0.29, 0.717) is 18.4 Å². The van der Waals surface area contributed by atoms with E-state index in [1.165, 1.54) is 12.8 Å². The van der Waals surface area contributed by atoms with Crippen molar-refractivity contribution in [1.82, 2.24) is 4.72 Å². The Bertz CT molecular complexity index is 366. The van der Waals surface area contributed by atoms with Crippen LogP contribution in [0.2, 0.25) is 0 Å². The van der Waals surface area contributed by atoms with Crippen LogP contribution in [0.1, 0.15) is 45.4 Å². The highest BCUT2D eigenvalue weighted by molar-refractivity contribution is 7.89. The van der Waals surface area contributed by atoms with E-state index < -0.39 is 16.0 Å². The molecule has 106 valence electrons. The van der Waals surface area contributed by atoms with E-state index in [-0.39, 0.29) is 18.6 Å². The molecule has 1 fully saturated rings. The molecule has 2 atom stereocenters. The highest BCUT2D eigenvalue weighted by Crippen LogP contribution is 2.27. The molecule has 2 unspecified atom stereocenters. The van der Waals surface area contributed by atoms with Crippen LogP contribution in [0.3, 0.4) is 0 Å². The van der Waals surface area contributed by atoms with Gasteiger partial charge in [0.25, 0.3) is 0 Å². The summed E-state index contributed by atoms with van der Waals surface area (Å²) in [5.74, 6) is 0.0660. The molecule has 0 aromatic rings. The van der Waals surface area contributed by atoms with E-state index in [1.54, 1.807) is 0 Å². The Morgan fingerprint density at radius 2 is 2.11 bits per heavy atom. The van der Waals surface area contributed by atoms with Crippen molar-refractivity contribution in [3.05, 3.63) is 0 Å². The summed E-state index contributed by atoms with van der Waals surface area (Å²) in [6.45, 7) is 2.70. The number of nitrogens with one attached hydrogen (secondary N) is 1. The molecule has 0 aliphatic heterocycles. The second kappa shape index (κ2) is 7.09. The van der Waals surface area contributed by atoms with Crippen LogP contribution >= 0.6 is 0 Å². The summed E-state index contributed by atoms with van der Waals surface area (Å²) in [6, 6.07) is 0. The molecular formula is C12H23NO4S. The first-order chi connectivity index (χ1) is 8.39. The standard InChI is InChI=1S/C12H23NO4S/c1-10-4-2-5-11(8-10)9-13-18(16,17)7-3-6-12(14)15/h10-11,13H,2-9H2,1H3,(H,14,15). The maximum Gasteiger partial charge on any atom is 0.303 e. The van der Waals surface area contributed by atoms with E-state index in [2.05, 4.69) is 11.6 Å². The Hall–Kier alpha value is -0.620. The fourth-order valence-electron chi connectivity index (χ4n) is 2.48. The number of hydrogen-bond acceptors (Lipinski definition) is 3. The average molecular weight is 277 g/mol. The van der Waals surface area contributed by atoms with Gasteiger partial charge in [-0.05, 0) is 31.1 Å². The fraction of sp³-hybridized carbons (Fsp3) is 0.917. The Morgan fingerprint density at radius 1 is 1.39 bits per heavy atom. The lowest BCUT2D eigenvalue weighted by Gasteiger charge is -2.26. The molecule has 0 aromatic carbocycles. The first kappa shape index (κ1) is 15.4. The zero-order valence-electron chi connectivity index (χ0n) is 10.9. The van der Waals surface area contributed by atoms with Gasteiger partial charge in [-0.25, -0.2) is 13.1 Å². The summed E-state index contributed by atoms with van der Waals surface area (Å²) < 4.78 is 25.9. The molecule has 0 spiro atoms. The Labute approximate surface area is 109 Å². The molecule has 0 radical (unpaired) electrons. The third-order valence-electron chi connectivity index (χ3n) is 3.44. The lowest BCUT2D eigenvalue weighted by molar-refractivity contribution is -0.137. The number of rotatable bonds is 7. The van der Waals surface area contributed by atoms with Gasteiger partial charge in [-0.3, -0.25) is 4.79 Å². The van der Waals surface area contributed by atoms with Crippen molar-refractivity contribution < 1.29 is 18.3 Å². The minimum Gasteiger partial charge on any atom is -0.481 e. The second-order valence-electron chi connectivity index (χ2n) is 5.30. The molecule has 18 heavy (non-hydrogen) atoms. The van der Waals surface area contributed by atoms with E-state index in [1.807, 2.05) is 0 Å². The lowest BCUT2D eigenvalue weighted by Crippen LogP contribution is -2.33. The molecule has 1 saturated carbocycles. The van der Waals surface area contributed by atoms with Gasteiger partial charge >= 0.3 is 5.97 Å². The van der Waals surface area contributed by atoms with Crippen LogP contribution < -0.4 is 4.72 Å². The van der Waals surface area contributed by atoms with Crippen molar-refractivity contribution >= 4 is 16.0 Å². The van der Waals surface area contributed by atoms with Gasteiger partial charge in [-0.1, -0.05) is 19.8 Å². The number of carboxylic acid groups (broad SMARTS) is 1. The van der Waals surface area contributed by atoms with Gasteiger partial charge in [0.2, 0.25) is 10.0 Å². The summed E-state index contributed by atoms with van der Waals surface area (Å²) in [7, 11) is -3.31. The van der Waals surface area contributed by atoms with E-state index in [4.69, 9.17) is 5.11 Å². The molecule has 0 aromatic heterocycles. The summed E-state index contributed by atoms with van der Waals surface area (Å²) in [4.78, 5) is 10.3. The van der Waals surface area contributed by atoms with Crippen LogP contribution in [-0.4, -0.2) is 31.8 Å². The number of aliphatic carboxylic acids is 1. The van der Waals surface area contributed by atoms with Gasteiger partial charge in [0.05, 0.1) is 5.75 Å². The topological polar surface area (TPSA) is 83.5 Å². The van der Waals surface area contributed by atoms with Crippen molar-refractivity contribution in [1.29, 1.82) is 0 Å². The van der Waals surface area contributed by atoms with Crippen LogP contribution in [-0.2, 0) is 14.8 Å². The molecule has 1 aliphatic rings. The minimum absolute atomic E-state index is 0.0957. The lowest BCUT2D eigenvalue weighted by atomic mass is 9.83. The zero-order valence-corrected chi connectivity index (χ0v) is 11.7. The van der Waals surface area contributed by atoms with Crippen LogP contribution in [0.15, 0.2) is 0 Å². The Balaban J connectivity index is 2.25. The molecule has 5 nitrogen and oxygen atoms in total. The maximum atomic E-state index is 11.6. The van der Waals surface area contributed by atoms with Crippen LogP contribution in [0.25, 0.3) is 0 Å². The van der Waals surface area contributed by atoms with Crippen molar-refractivity contribution in [3.8, 4) is 0 Å². The SMILES string of the molecule is CC1CCCC(CNS(=O)(=O)CCCC(=O)O)C1. The van der Waals surface area contributed by atoms with Gasteiger partial charge in [-0.2, -0.15) is 0 Å². The Morgan fingerprint density at radius 3 is 2.72 bits per heavy atom. The Kier molecular flexibility index (Phi) is 6.08. The first-order valence-electron chi connectivity index (χ1n) is 6.58. The molecule has 0 bridgehead atoms. The van der Waals surface area contributed by atoms with E-state index >= 15 is 0 Å². The van der Waals surface area contributed by atoms with Crippen molar-refractivity contribution in [3.63, 3.8) is 0 Å². The fourth-order valence-corrected chi connectivity index (χ4v) is 3.63. The number of carbonyl (C=O) groups is 1. The summed E-state index contributed by atoms with van der Waals surface area (Å²) in [5, 5.41) is 8.46. The van der Waals surface area contributed by atoms with Crippen molar-refractivity contribution in [2.75, 3.05) is 12.3 Å². The zero-order chi connectivity index (χ0) is 13.6. The predicted molar refractivity (Wildman–Crippen MR) is 69.8 cm³/mol. The molecule has 0 amide bonds. The van der Waals surface area contributed by atoms with Gasteiger partial charge in [0.1, 0.15) is 0 Å². The largest absolute Gasteiger partial charge is 0.481 e. The number of carboxylic acids is 1. The number of hydrogen-bond donors (Lipinski definition) is 2. The normalized spacial score (nSPS) is 24.9. The van der Waals surface area contributed by atoms with Crippen LogP contribution in [0.4, 0.5) is 0 Å². The van der Waals surface area contributed by atoms with Gasteiger partial charge in [0, 0.05) is 13.0 Å². The van der Waals surface area contributed by atoms with Crippen molar-refractivity contribution in [2.24, 2.45) is 11.8 Å². The summed E-state index contributed by atoms with van der Waals surface area (Å²) >= 11 is 0. The molecule has 0 heterocycles. The molecule has 1 rings (SSSR count). The van der Waals surface area contributed by atoms with Crippen LogP contribution in [0, 0.1) is 11.8 Å². The predicted octanol–water partition coefficient (Wildman–Crippen LogP) is 1.60. The van der Waals surface area contributed by atoms with Crippen LogP contribution in [0.5, 0.6) is 0 Å². The first-order valence-corrected chi connectivity index (χ1v) is 8.23. The summed E-state index contributed by atoms with van der Waals surface area (Å²) in [5.41, 5.74) is 0. The summed E-state index contributed by atoms with van der Waals surface area (Å²) in [6.07, 6.45) is 4.65. The molecule has 1 aliphatic carbocycles. The van der Waals surface area contributed by atoms with Gasteiger partial charge < -0.3 is 5.11 Å². The molecule has 6 heteroatoms. The van der Waals surface area contributed by atoms with Gasteiger partial charge in [0.15, 0.2) is 0 Å². The average Bonchev–Trinajstić information content (AvgIpc) is 2.26. The van der Waals surface area contributed by atoms with Gasteiger partial charge in [-0.15, -0.1) is 0 Å². The molecule has 0 saturated heterocycles.